The molecule has 4 aromatic rings. The molecule has 0 spiro atoms. The smallest absolute Gasteiger partial charge is 0.230 e. The first kappa shape index (κ1) is 18.8. The Morgan fingerprint density at radius 2 is 1.83 bits per heavy atom. The number of hydrogen-bond acceptors (Lipinski definition) is 5. The van der Waals surface area contributed by atoms with E-state index in [9.17, 15) is 9.18 Å². The predicted molar refractivity (Wildman–Crippen MR) is 114 cm³/mol. The average Bonchev–Trinajstić information content (AvgIpc) is 3.25. The lowest BCUT2D eigenvalue weighted by Gasteiger charge is -2.11. The third kappa shape index (κ3) is 4.47. The molecule has 0 fully saturated rings. The van der Waals surface area contributed by atoms with Gasteiger partial charge in [0.2, 0.25) is 5.91 Å². The Morgan fingerprint density at radius 1 is 1.07 bits per heavy atom. The zero-order chi connectivity index (χ0) is 20.2. The van der Waals surface area contributed by atoms with Crippen molar-refractivity contribution in [3.05, 3.63) is 83.6 Å². The van der Waals surface area contributed by atoms with Crippen LogP contribution in [-0.4, -0.2) is 15.9 Å². The highest BCUT2D eigenvalue weighted by Crippen LogP contribution is 2.31. The molecule has 5 nitrogen and oxygen atoms in total. The SMILES string of the molecule is Nc1ccc(-c2cnc(NC(=O)Cc3ccc(F)cc3)c(-c3cccs3)n2)cc1. The molecule has 0 radical (unpaired) electrons. The van der Waals surface area contributed by atoms with Crippen molar-refractivity contribution in [2.45, 2.75) is 6.42 Å². The van der Waals surface area contributed by atoms with Crippen molar-refractivity contribution in [2.24, 2.45) is 0 Å². The van der Waals surface area contributed by atoms with E-state index < -0.39 is 0 Å². The van der Waals surface area contributed by atoms with Crippen LogP contribution in [-0.2, 0) is 11.2 Å². The minimum absolute atomic E-state index is 0.117. The summed E-state index contributed by atoms with van der Waals surface area (Å²) in [7, 11) is 0. The quantitative estimate of drug-likeness (QED) is 0.469. The van der Waals surface area contributed by atoms with Gasteiger partial charge in [-0.2, -0.15) is 0 Å². The molecule has 0 unspecified atom stereocenters. The molecule has 0 aliphatic carbocycles. The van der Waals surface area contributed by atoms with Gasteiger partial charge < -0.3 is 11.1 Å². The van der Waals surface area contributed by atoms with Crippen LogP contribution in [0.15, 0.2) is 72.2 Å². The number of halogens is 1. The highest BCUT2D eigenvalue weighted by molar-refractivity contribution is 7.13. The summed E-state index contributed by atoms with van der Waals surface area (Å²) in [5.74, 6) is -0.194. The van der Waals surface area contributed by atoms with Crippen LogP contribution in [0.5, 0.6) is 0 Å². The lowest BCUT2D eigenvalue weighted by atomic mass is 10.1. The molecule has 29 heavy (non-hydrogen) atoms. The number of aromatic nitrogens is 2. The second-order valence-corrected chi connectivity index (χ2v) is 7.35. The molecule has 0 aliphatic heterocycles. The zero-order valence-electron chi connectivity index (χ0n) is 15.3. The van der Waals surface area contributed by atoms with Crippen molar-refractivity contribution in [1.82, 2.24) is 9.97 Å². The summed E-state index contributed by atoms with van der Waals surface area (Å²) in [6.07, 6.45) is 1.74. The van der Waals surface area contributed by atoms with Crippen molar-refractivity contribution in [3.63, 3.8) is 0 Å². The molecule has 0 bridgehead atoms. The standard InChI is InChI=1S/C22H17FN4OS/c23-16-7-3-14(4-8-16)12-20(28)27-22-21(19-2-1-11-29-19)26-18(13-25-22)15-5-9-17(24)10-6-15/h1-11,13H,12,24H2,(H,25,27,28). The molecule has 0 saturated heterocycles. The zero-order valence-corrected chi connectivity index (χ0v) is 16.1. The Bertz CT molecular complexity index is 1130. The van der Waals surface area contributed by atoms with Crippen molar-refractivity contribution in [3.8, 4) is 21.8 Å². The van der Waals surface area contributed by atoms with Crippen molar-refractivity contribution < 1.29 is 9.18 Å². The Balaban J connectivity index is 1.62. The fourth-order valence-corrected chi connectivity index (χ4v) is 3.54. The first-order valence-corrected chi connectivity index (χ1v) is 9.77. The summed E-state index contributed by atoms with van der Waals surface area (Å²) in [6, 6.07) is 17.1. The summed E-state index contributed by atoms with van der Waals surface area (Å²) in [5.41, 5.74) is 9.31. The van der Waals surface area contributed by atoms with Crippen LogP contribution in [0.4, 0.5) is 15.9 Å². The van der Waals surface area contributed by atoms with Crippen LogP contribution in [0.1, 0.15) is 5.56 Å². The van der Waals surface area contributed by atoms with Crippen LogP contribution in [0.3, 0.4) is 0 Å². The lowest BCUT2D eigenvalue weighted by molar-refractivity contribution is -0.115. The van der Waals surface area contributed by atoms with E-state index in [1.807, 2.05) is 29.6 Å². The van der Waals surface area contributed by atoms with E-state index in [0.717, 1.165) is 10.4 Å². The summed E-state index contributed by atoms with van der Waals surface area (Å²) in [6.45, 7) is 0. The molecule has 144 valence electrons. The summed E-state index contributed by atoms with van der Waals surface area (Å²) < 4.78 is 13.1. The van der Waals surface area contributed by atoms with Gasteiger partial charge in [0, 0.05) is 11.3 Å². The maximum absolute atomic E-state index is 13.1. The van der Waals surface area contributed by atoms with Gasteiger partial charge in [0.05, 0.1) is 23.2 Å². The Morgan fingerprint density at radius 3 is 2.52 bits per heavy atom. The van der Waals surface area contributed by atoms with Crippen LogP contribution in [0.2, 0.25) is 0 Å². The monoisotopic (exact) mass is 404 g/mol. The minimum atomic E-state index is -0.335. The molecule has 3 N–H and O–H groups in total. The van der Waals surface area contributed by atoms with Gasteiger partial charge in [0.15, 0.2) is 5.82 Å². The molecular formula is C22H17FN4OS. The Labute approximate surface area is 171 Å². The molecule has 1 amide bonds. The first-order chi connectivity index (χ1) is 14.1. The van der Waals surface area contributed by atoms with Gasteiger partial charge >= 0.3 is 0 Å². The maximum atomic E-state index is 13.1. The largest absolute Gasteiger partial charge is 0.399 e. The number of carbonyl (C=O) groups is 1. The van der Waals surface area contributed by atoms with E-state index in [-0.39, 0.29) is 18.1 Å². The first-order valence-electron chi connectivity index (χ1n) is 8.89. The van der Waals surface area contributed by atoms with Crippen LogP contribution < -0.4 is 11.1 Å². The Kier molecular flexibility index (Phi) is 5.31. The lowest BCUT2D eigenvalue weighted by Crippen LogP contribution is -2.16. The number of anilines is 2. The fourth-order valence-electron chi connectivity index (χ4n) is 2.82. The number of rotatable bonds is 5. The summed E-state index contributed by atoms with van der Waals surface area (Å²) in [5, 5.41) is 4.77. The molecule has 4 rings (SSSR count). The van der Waals surface area contributed by atoms with Gasteiger partial charge in [0.1, 0.15) is 11.5 Å². The normalized spacial score (nSPS) is 10.7. The van der Waals surface area contributed by atoms with Gasteiger partial charge in [-0.3, -0.25) is 4.79 Å². The van der Waals surface area contributed by atoms with E-state index in [4.69, 9.17) is 10.7 Å². The predicted octanol–water partition coefficient (Wildman–Crippen LogP) is 4.77. The number of nitrogens with zero attached hydrogens (tertiary/aromatic N) is 2. The molecular weight excluding hydrogens is 387 g/mol. The highest BCUT2D eigenvalue weighted by atomic mass is 32.1. The number of thiophene rings is 1. The van der Waals surface area contributed by atoms with E-state index in [1.54, 1.807) is 30.5 Å². The molecule has 2 aromatic carbocycles. The van der Waals surface area contributed by atoms with E-state index >= 15 is 0 Å². The average molecular weight is 404 g/mol. The van der Waals surface area contributed by atoms with Gasteiger partial charge in [-0.15, -0.1) is 11.3 Å². The third-order valence-corrected chi connectivity index (χ3v) is 5.15. The topological polar surface area (TPSA) is 80.9 Å². The van der Waals surface area contributed by atoms with E-state index in [2.05, 4.69) is 10.3 Å². The number of benzene rings is 2. The number of nitrogens with one attached hydrogen (secondary N) is 1. The molecule has 2 aromatic heterocycles. The second kappa shape index (κ2) is 8.20. The maximum Gasteiger partial charge on any atom is 0.230 e. The molecule has 7 heteroatoms. The molecule has 0 saturated carbocycles. The molecule has 2 heterocycles. The van der Waals surface area contributed by atoms with Gasteiger partial charge in [0.25, 0.3) is 0 Å². The fraction of sp³-hybridized carbons (Fsp3) is 0.0455. The van der Waals surface area contributed by atoms with Crippen LogP contribution in [0.25, 0.3) is 21.8 Å². The third-order valence-electron chi connectivity index (χ3n) is 4.27. The highest BCUT2D eigenvalue weighted by Gasteiger charge is 2.15. The summed E-state index contributed by atoms with van der Waals surface area (Å²) in [4.78, 5) is 22.6. The number of hydrogen-bond donors (Lipinski definition) is 2. The molecule has 0 atom stereocenters. The van der Waals surface area contributed by atoms with Crippen molar-refractivity contribution in [2.75, 3.05) is 11.1 Å². The van der Waals surface area contributed by atoms with Crippen molar-refractivity contribution in [1.29, 1.82) is 0 Å². The van der Waals surface area contributed by atoms with E-state index in [0.29, 0.717) is 28.5 Å². The number of carbonyl (C=O) groups excluding carboxylic acids is 1. The van der Waals surface area contributed by atoms with Crippen LogP contribution >= 0.6 is 11.3 Å². The number of nitrogens with two attached hydrogens (primary N) is 1. The molecule has 0 aliphatic rings. The van der Waals surface area contributed by atoms with E-state index in [1.165, 1.54) is 23.5 Å². The van der Waals surface area contributed by atoms with Crippen LogP contribution in [0, 0.1) is 5.82 Å². The number of nitrogen functional groups attached to an aromatic ring is 1. The Hall–Kier alpha value is -3.58. The second-order valence-electron chi connectivity index (χ2n) is 6.40. The van der Waals surface area contributed by atoms with Gasteiger partial charge in [-0.25, -0.2) is 14.4 Å². The van der Waals surface area contributed by atoms with Gasteiger partial charge in [-0.1, -0.05) is 30.3 Å². The summed E-state index contributed by atoms with van der Waals surface area (Å²) >= 11 is 1.51. The number of amides is 1. The van der Waals surface area contributed by atoms with Gasteiger partial charge in [-0.05, 0) is 41.3 Å². The van der Waals surface area contributed by atoms with Crippen molar-refractivity contribution >= 4 is 28.7 Å². The minimum Gasteiger partial charge on any atom is -0.399 e.